The molecular formula is C13H18BrN3O. The Bertz CT molecular complexity index is 446. The minimum absolute atomic E-state index is 0.267. The number of halogens is 1. The summed E-state index contributed by atoms with van der Waals surface area (Å²) >= 11 is 3.52. The lowest BCUT2D eigenvalue weighted by atomic mass is 10.1. The van der Waals surface area contributed by atoms with E-state index in [9.17, 15) is 4.79 Å². The number of hydrazine groups is 1. The minimum atomic E-state index is -0.267. The quantitative estimate of drug-likeness (QED) is 0.497. The Hall–Kier alpha value is -0.910. The number of hydrogen-bond acceptors (Lipinski definition) is 3. The van der Waals surface area contributed by atoms with Crippen molar-refractivity contribution in [3.63, 3.8) is 0 Å². The van der Waals surface area contributed by atoms with Gasteiger partial charge in [-0.1, -0.05) is 28.9 Å². The Morgan fingerprint density at radius 1 is 1.56 bits per heavy atom. The number of nitrogens with zero attached hydrogens (tertiary/aromatic N) is 1. The molecule has 3 N–H and O–H groups in total. The Kier molecular flexibility index (Phi) is 4.37. The molecule has 18 heavy (non-hydrogen) atoms. The van der Waals surface area contributed by atoms with Crippen LogP contribution in [0, 0.1) is 0 Å². The summed E-state index contributed by atoms with van der Waals surface area (Å²) in [7, 11) is 0. The second-order valence-electron chi connectivity index (χ2n) is 4.57. The first kappa shape index (κ1) is 13.5. The number of benzene rings is 1. The maximum absolute atomic E-state index is 11.4. The van der Waals surface area contributed by atoms with E-state index in [1.54, 1.807) is 0 Å². The van der Waals surface area contributed by atoms with Gasteiger partial charge in [0.2, 0.25) is 0 Å². The molecule has 0 aromatic heterocycles. The number of nitrogens with two attached hydrogens (primary N) is 1. The van der Waals surface area contributed by atoms with Gasteiger partial charge >= 0.3 is 0 Å². The Balaban J connectivity index is 2.11. The van der Waals surface area contributed by atoms with Crippen LogP contribution in [0.3, 0.4) is 0 Å². The van der Waals surface area contributed by atoms with Crippen LogP contribution in [0.1, 0.15) is 35.7 Å². The number of carbonyl (C=O) groups is 1. The van der Waals surface area contributed by atoms with Crippen LogP contribution in [-0.4, -0.2) is 23.4 Å². The summed E-state index contributed by atoms with van der Waals surface area (Å²) in [6.45, 7) is 4.16. The maximum Gasteiger partial charge on any atom is 0.265 e. The van der Waals surface area contributed by atoms with Crippen molar-refractivity contribution in [2.75, 3.05) is 6.54 Å². The molecule has 1 aliphatic rings. The van der Waals surface area contributed by atoms with E-state index < -0.39 is 0 Å². The lowest BCUT2D eigenvalue weighted by Crippen LogP contribution is -2.30. The summed E-state index contributed by atoms with van der Waals surface area (Å²) < 4.78 is 0.961. The van der Waals surface area contributed by atoms with Gasteiger partial charge in [0.05, 0.1) is 0 Å². The summed E-state index contributed by atoms with van der Waals surface area (Å²) in [6.07, 6.45) is 2.61. The van der Waals surface area contributed by atoms with Crippen molar-refractivity contribution in [2.45, 2.75) is 32.4 Å². The van der Waals surface area contributed by atoms with E-state index in [2.05, 4.69) is 33.2 Å². The first-order valence-electron chi connectivity index (χ1n) is 6.19. The molecule has 0 spiro atoms. The fourth-order valence-electron chi connectivity index (χ4n) is 2.06. The van der Waals surface area contributed by atoms with Gasteiger partial charge < -0.3 is 0 Å². The molecule has 1 aromatic rings. The zero-order chi connectivity index (χ0) is 13.1. The molecule has 0 atom stereocenters. The van der Waals surface area contributed by atoms with E-state index in [1.807, 2.05) is 18.2 Å². The van der Waals surface area contributed by atoms with Gasteiger partial charge in [-0.2, -0.15) is 0 Å². The van der Waals surface area contributed by atoms with Crippen LogP contribution in [0.25, 0.3) is 0 Å². The third kappa shape index (κ3) is 3.10. The zero-order valence-electron chi connectivity index (χ0n) is 10.4. The van der Waals surface area contributed by atoms with Crippen molar-refractivity contribution in [1.82, 2.24) is 10.3 Å². The number of rotatable bonds is 5. The van der Waals surface area contributed by atoms with Crippen LogP contribution < -0.4 is 11.3 Å². The molecule has 1 saturated carbocycles. The zero-order valence-corrected chi connectivity index (χ0v) is 12.0. The average Bonchev–Trinajstić information content (AvgIpc) is 3.20. The lowest BCUT2D eigenvalue weighted by molar-refractivity contribution is 0.0953. The normalized spacial score (nSPS) is 14.9. The van der Waals surface area contributed by atoms with E-state index in [4.69, 9.17) is 5.84 Å². The highest BCUT2D eigenvalue weighted by atomic mass is 79.9. The molecule has 0 heterocycles. The number of nitrogens with one attached hydrogen (secondary N) is 1. The Labute approximate surface area is 116 Å². The number of carbonyl (C=O) groups excluding carboxylic acids is 1. The molecule has 0 unspecified atom stereocenters. The van der Waals surface area contributed by atoms with Gasteiger partial charge in [-0.3, -0.25) is 15.1 Å². The minimum Gasteiger partial charge on any atom is -0.296 e. The summed E-state index contributed by atoms with van der Waals surface area (Å²) in [5.74, 6) is 4.85. The molecule has 0 radical (unpaired) electrons. The van der Waals surface area contributed by atoms with Crippen molar-refractivity contribution in [1.29, 1.82) is 0 Å². The van der Waals surface area contributed by atoms with E-state index in [0.717, 1.165) is 23.6 Å². The van der Waals surface area contributed by atoms with Gasteiger partial charge in [0.15, 0.2) is 0 Å². The first-order valence-corrected chi connectivity index (χ1v) is 6.98. The monoisotopic (exact) mass is 311 g/mol. The van der Waals surface area contributed by atoms with Crippen LogP contribution in [0.15, 0.2) is 22.7 Å². The molecule has 0 aliphatic heterocycles. The smallest absolute Gasteiger partial charge is 0.265 e. The largest absolute Gasteiger partial charge is 0.296 e. The molecule has 2 rings (SSSR count). The van der Waals surface area contributed by atoms with E-state index in [0.29, 0.717) is 5.56 Å². The molecule has 5 heteroatoms. The average molecular weight is 312 g/mol. The molecule has 4 nitrogen and oxygen atoms in total. The molecule has 1 aromatic carbocycles. The second-order valence-corrected chi connectivity index (χ2v) is 5.43. The number of amides is 1. The SMILES string of the molecule is CCN(Cc1ccc(C(=O)NN)cc1Br)C1CC1. The van der Waals surface area contributed by atoms with Crippen molar-refractivity contribution in [2.24, 2.45) is 5.84 Å². The van der Waals surface area contributed by atoms with Gasteiger partial charge in [0.1, 0.15) is 0 Å². The van der Waals surface area contributed by atoms with Crippen molar-refractivity contribution >= 4 is 21.8 Å². The fraction of sp³-hybridized carbons (Fsp3) is 0.462. The molecular weight excluding hydrogens is 294 g/mol. The van der Waals surface area contributed by atoms with E-state index >= 15 is 0 Å². The summed E-state index contributed by atoms with van der Waals surface area (Å²) in [6, 6.07) is 6.36. The van der Waals surface area contributed by atoms with Crippen molar-refractivity contribution in [3.8, 4) is 0 Å². The van der Waals surface area contributed by atoms with Crippen LogP contribution in [0.5, 0.6) is 0 Å². The standard InChI is InChI=1S/C13H18BrN3O/c1-2-17(11-5-6-11)8-10-4-3-9(7-12(10)14)13(18)16-15/h3-4,7,11H,2,5-6,8,15H2,1H3,(H,16,18). The van der Waals surface area contributed by atoms with Crippen LogP contribution in [-0.2, 0) is 6.54 Å². The fourth-order valence-corrected chi connectivity index (χ4v) is 2.56. The second kappa shape index (κ2) is 5.82. The molecule has 1 fully saturated rings. The maximum atomic E-state index is 11.4. The predicted octanol–water partition coefficient (Wildman–Crippen LogP) is 2.04. The third-order valence-electron chi connectivity index (χ3n) is 3.29. The molecule has 0 saturated heterocycles. The van der Waals surface area contributed by atoms with E-state index in [1.165, 1.54) is 18.4 Å². The molecule has 1 aliphatic carbocycles. The highest BCUT2D eigenvalue weighted by Gasteiger charge is 2.28. The van der Waals surface area contributed by atoms with Crippen LogP contribution >= 0.6 is 15.9 Å². The first-order chi connectivity index (χ1) is 8.65. The Morgan fingerprint density at radius 2 is 2.28 bits per heavy atom. The van der Waals surface area contributed by atoms with Gasteiger partial charge in [-0.25, -0.2) is 5.84 Å². The summed E-state index contributed by atoms with van der Waals surface area (Å²) in [4.78, 5) is 13.9. The molecule has 1 amide bonds. The van der Waals surface area contributed by atoms with Gasteiger partial charge in [-0.05, 0) is 37.1 Å². The summed E-state index contributed by atoms with van der Waals surface area (Å²) in [5.41, 5.74) is 3.92. The highest BCUT2D eigenvalue weighted by Crippen LogP contribution is 2.29. The summed E-state index contributed by atoms with van der Waals surface area (Å²) in [5, 5.41) is 0. The van der Waals surface area contributed by atoms with Crippen molar-refractivity contribution in [3.05, 3.63) is 33.8 Å². The lowest BCUT2D eigenvalue weighted by Gasteiger charge is -2.20. The van der Waals surface area contributed by atoms with Crippen LogP contribution in [0.4, 0.5) is 0 Å². The number of hydrogen-bond donors (Lipinski definition) is 2. The Morgan fingerprint density at radius 3 is 2.78 bits per heavy atom. The van der Waals surface area contributed by atoms with Gasteiger partial charge in [0, 0.05) is 22.6 Å². The molecule has 0 bridgehead atoms. The third-order valence-corrected chi connectivity index (χ3v) is 4.03. The number of nitrogen functional groups attached to an aromatic ring is 1. The predicted molar refractivity (Wildman–Crippen MR) is 74.9 cm³/mol. The molecule has 98 valence electrons. The van der Waals surface area contributed by atoms with Crippen LogP contribution in [0.2, 0.25) is 0 Å². The highest BCUT2D eigenvalue weighted by molar-refractivity contribution is 9.10. The topological polar surface area (TPSA) is 58.4 Å². The van der Waals surface area contributed by atoms with Crippen molar-refractivity contribution < 1.29 is 4.79 Å². The van der Waals surface area contributed by atoms with E-state index in [-0.39, 0.29) is 5.91 Å². The van der Waals surface area contributed by atoms with Gasteiger partial charge in [-0.15, -0.1) is 0 Å². The van der Waals surface area contributed by atoms with Gasteiger partial charge in [0.25, 0.3) is 5.91 Å².